The number of anilines is 1. The smallest absolute Gasteiger partial charge is 0.362 e. The molecule has 0 spiro atoms. The second-order valence-corrected chi connectivity index (χ2v) is 11.9. The molecule has 216 valence electrons. The Kier molecular flexibility index (Phi) is 8.17. The number of benzene rings is 2. The lowest BCUT2D eigenvalue weighted by Crippen LogP contribution is -2.47. The molecule has 2 aliphatic rings. The van der Waals surface area contributed by atoms with Crippen LogP contribution in [0.5, 0.6) is 5.75 Å². The minimum atomic E-state index is -3.89. The Labute approximate surface area is 253 Å². The van der Waals surface area contributed by atoms with Gasteiger partial charge in [0.1, 0.15) is 17.0 Å². The summed E-state index contributed by atoms with van der Waals surface area (Å²) in [6, 6.07) is 9.07. The van der Waals surface area contributed by atoms with Gasteiger partial charge in [0.05, 0.1) is 22.8 Å². The van der Waals surface area contributed by atoms with Crippen LogP contribution in [-0.2, 0) is 18.5 Å². The molecule has 2 aliphatic heterocycles. The molecular weight excluding hydrogens is 621 g/mol. The van der Waals surface area contributed by atoms with Gasteiger partial charge >= 0.3 is 11.4 Å². The molecular formula is C27H23Cl3F2N4O4S. The quantitative estimate of drug-likeness (QED) is 0.308. The van der Waals surface area contributed by atoms with E-state index >= 15 is 0 Å². The van der Waals surface area contributed by atoms with Gasteiger partial charge in [0.25, 0.3) is 11.5 Å². The number of carbonyl (C=O) groups excluding carboxylic acids is 2. The van der Waals surface area contributed by atoms with Gasteiger partial charge in [0, 0.05) is 43.0 Å². The molecule has 0 saturated carbocycles. The first-order valence-corrected chi connectivity index (χ1v) is 14.3. The van der Waals surface area contributed by atoms with E-state index in [1.807, 2.05) is 4.98 Å². The molecule has 1 aromatic heterocycles. The highest BCUT2D eigenvalue weighted by Crippen LogP contribution is 2.42. The van der Waals surface area contributed by atoms with Crippen molar-refractivity contribution in [1.82, 2.24) is 14.8 Å². The number of methoxy groups -OCH3 is 1. The lowest BCUT2D eigenvalue weighted by molar-refractivity contribution is 0.0740. The molecule has 14 heteroatoms. The predicted molar refractivity (Wildman–Crippen MR) is 154 cm³/mol. The largest absolute Gasteiger partial charge is 0.495 e. The van der Waals surface area contributed by atoms with Crippen LogP contribution < -0.4 is 15.2 Å². The van der Waals surface area contributed by atoms with Gasteiger partial charge in [0.15, 0.2) is 0 Å². The van der Waals surface area contributed by atoms with E-state index in [1.54, 1.807) is 47.2 Å². The molecule has 41 heavy (non-hydrogen) atoms. The average molecular weight is 644 g/mol. The number of fused-ring (bicyclic) bond motifs is 1. The number of urea groups is 1. The molecule has 0 radical (unpaired) electrons. The van der Waals surface area contributed by atoms with Crippen LogP contribution in [0, 0.1) is 0 Å². The maximum atomic E-state index is 14.0. The van der Waals surface area contributed by atoms with Gasteiger partial charge < -0.3 is 19.5 Å². The number of nitrogens with one attached hydrogen (secondary N) is 1. The third-order valence-electron chi connectivity index (χ3n) is 6.88. The van der Waals surface area contributed by atoms with E-state index in [0.717, 1.165) is 35.4 Å². The van der Waals surface area contributed by atoms with Crippen LogP contribution in [-0.4, -0.2) is 54.0 Å². The van der Waals surface area contributed by atoms with Gasteiger partial charge in [0.2, 0.25) is 0 Å². The molecule has 3 amide bonds. The Balaban J connectivity index is 1.52. The number of hydrogen-bond donors (Lipinski definition) is 1. The summed E-state index contributed by atoms with van der Waals surface area (Å²) in [5.74, 6) is -0.218. The SMILES string of the molecule is COc1cc2c(cc1N1CCCN(C)C1=O)CN(C(=O)c1c(Sc3c(Cl)cccc3Cl)cc(C(F)(F)Cl)[nH]c1=O)C2. The summed E-state index contributed by atoms with van der Waals surface area (Å²) in [6.07, 6.45) is 0.781. The van der Waals surface area contributed by atoms with Crippen molar-refractivity contribution < 1.29 is 23.1 Å². The molecule has 5 rings (SSSR count). The van der Waals surface area contributed by atoms with Crippen LogP contribution in [0.15, 0.2) is 51.0 Å². The van der Waals surface area contributed by atoms with Crippen molar-refractivity contribution in [2.24, 2.45) is 0 Å². The van der Waals surface area contributed by atoms with Gasteiger partial charge in [-0.2, -0.15) is 8.78 Å². The molecule has 1 saturated heterocycles. The lowest BCUT2D eigenvalue weighted by Gasteiger charge is -2.34. The number of ether oxygens (including phenoxy) is 1. The van der Waals surface area contributed by atoms with Gasteiger partial charge in [-0.25, -0.2) is 4.79 Å². The van der Waals surface area contributed by atoms with Crippen LogP contribution in [0.25, 0.3) is 0 Å². The second-order valence-electron chi connectivity index (χ2n) is 9.57. The zero-order chi connectivity index (χ0) is 29.6. The molecule has 3 heterocycles. The molecule has 0 aliphatic carbocycles. The number of amides is 3. The van der Waals surface area contributed by atoms with Gasteiger partial charge in [-0.15, -0.1) is 0 Å². The number of H-pyrrole nitrogens is 1. The Morgan fingerprint density at radius 1 is 1.07 bits per heavy atom. The van der Waals surface area contributed by atoms with Gasteiger partial charge in [-0.05, 0) is 59.5 Å². The topological polar surface area (TPSA) is 85.9 Å². The first-order chi connectivity index (χ1) is 19.4. The third-order valence-corrected chi connectivity index (χ3v) is 9.13. The first kappa shape index (κ1) is 29.5. The number of halogens is 5. The van der Waals surface area contributed by atoms with E-state index in [9.17, 15) is 23.2 Å². The minimum Gasteiger partial charge on any atom is -0.495 e. The molecule has 8 nitrogen and oxygen atoms in total. The standard InChI is InChI=1S/C27H23Cl3F2N4O4S/c1-34-7-4-8-36(26(34)39)18-9-14-12-35(13-15(14)10-19(18)40-2)25(38)22-20(11-21(27(30,31)32)33-24(22)37)41-23-16(28)5-3-6-17(23)29/h3,5-6,9-11H,4,7-8,12-13H2,1-2H3,(H,33,37). The Morgan fingerprint density at radius 2 is 1.73 bits per heavy atom. The van der Waals surface area contributed by atoms with Crippen LogP contribution >= 0.6 is 46.6 Å². The summed E-state index contributed by atoms with van der Waals surface area (Å²) in [6.45, 7) is 1.40. The van der Waals surface area contributed by atoms with Crippen molar-refractivity contribution in [3.63, 3.8) is 0 Å². The van der Waals surface area contributed by atoms with Crippen molar-refractivity contribution in [3.05, 3.63) is 79.2 Å². The number of hydrogen-bond acceptors (Lipinski definition) is 5. The molecule has 0 bridgehead atoms. The maximum Gasteiger partial charge on any atom is 0.362 e. The van der Waals surface area contributed by atoms with Crippen LogP contribution in [0.4, 0.5) is 19.3 Å². The van der Waals surface area contributed by atoms with Crippen molar-refractivity contribution in [1.29, 1.82) is 0 Å². The van der Waals surface area contributed by atoms with Crippen molar-refractivity contribution in [2.75, 3.05) is 32.1 Å². The van der Waals surface area contributed by atoms with Crippen molar-refractivity contribution in [3.8, 4) is 5.75 Å². The van der Waals surface area contributed by atoms with E-state index < -0.39 is 22.5 Å². The average Bonchev–Trinajstić information content (AvgIpc) is 3.34. The number of aromatic amines is 1. The maximum absolute atomic E-state index is 14.0. The number of pyridine rings is 1. The zero-order valence-electron chi connectivity index (χ0n) is 21.8. The summed E-state index contributed by atoms with van der Waals surface area (Å²) >= 11 is 18.6. The highest BCUT2D eigenvalue weighted by molar-refractivity contribution is 7.99. The molecule has 3 aromatic rings. The summed E-state index contributed by atoms with van der Waals surface area (Å²) < 4.78 is 33.6. The third kappa shape index (κ3) is 5.73. The molecule has 2 aromatic carbocycles. The van der Waals surface area contributed by atoms with Gasteiger partial charge in [-0.3, -0.25) is 14.5 Å². The van der Waals surface area contributed by atoms with Crippen molar-refractivity contribution >= 4 is 64.2 Å². The first-order valence-electron chi connectivity index (χ1n) is 12.4. The minimum absolute atomic E-state index is 0.0831. The molecule has 1 N–H and O–H groups in total. The summed E-state index contributed by atoms with van der Waals surface area (Å²) in [7, 11) is 3.22. The van der Waals surface area contributed by atoms with Crippen molar-refractivity contribution in [2.45, 2.75) is 34.7 Å². The number of carbonyl (C=O) groups is 2. The van der Waals surface area contributed by atoms with Crippen LogP contribution in [0.2, 0.25) is 10.0 Å². The Hall–Kier alpha value is -2.99. The number of aromatic nitrogens is 1. The monoisotopic (exact) mass is 642 g/mol. The fourth-order valence-electron chi connectivity index (χ4n) is 4.84. The Bertz CT molecular complexity index is 1590. The highest BCUT2D eigenvalue weighted by atomic mass is 35.5. The van der Waals surface area contributed by atoms with E-state index in [-0.39, 0.29) is 44.5 Å². The van der Waals surface area contributed by atoms with E-state index in [2.05, 4.69) is 0 Å². The van der Waals surface area contributed by atoms with E-state index in [4.69, 9.17) is 39.5 Å². The number of nitrogens with zero attached hydrogens (tertiary/aromatic N) is 3. The number of rotatable bonds is 6. The molecule has 0 unspecified atom stereocenters. The highest BCUT2D eigenvalue weighted by Gasteiger charge is 2.35. The van der Waals surface area contributed by atoms with Crippen LogP contribution in [0.3, 0.4) is 0 Å². The molecule has 0 atom stereocenters. The second kappa shape index (κ2) is 11.4. The van der Waals surface area contributed by atoms with Crippen LogP contribution in [0.1, 0.15) is 33.6 Å². The van der Waals surface area contributed by atoms with Gasteiger partial charge in [-0.1, -0.05) is 41.0 Å². The fraction of sp³-hybridized carbons (Fsp3) is 0.296. The summed E-state index contributed by atoms with van der Waals surface area (Å²) in [5, 5.41) is -3.46. The predicted octanol–water partition coefficient (Wildman–Crippen LogP) is 6.55. The van der Waals surface area contributed by atoms with E-state index in [1.165, 1.54) is 12.0 Å². The summed E-state index contributed by atoms with van der Waals surface area (Å²) in [5.41, 5.74) is -0.160. The lowest BCUT2D eigenvalue weighted by atomic mass is 10.1. The van der Waals surface area contributed by atoms with E-state index in [0.29, 0.717) is 24.5 Å². The molecule has 1 fully saturated rings. The fourth-order valence-corrected chi connectivity index (χ4v) is 6.58. The Morgan fingerprint density at radius 3 is 2.37 bits per heavy atom. The zero-order valence-corrected chi connectivity index (χ0v) is 24.9. The number of alkyl halides is 3. The normalized spacial score (nSPS) is 15.4. The summed E-state index contributed by atoms with van der Waals surface area (Å²) in [4.78, 5) is 46.7.